The van der Waals surface area contributed by atoms with Gasteiger partial charge in [0.2, 0.25) is 12.3 Å². The molecule has 174 valence electrons. The average Bonchev–Trinajstić information content (AvgIpc) is 2.68. The molecule has 1 aromatic carbocycles. The molecule has 6 heteroatoms. The first-order chi connectivity index (χ1) is 15.1. The Bertz CT molecular complexity index is 909. The maximum Gasteiger partial charge on any atom is 0.248 e. The second kappa shape index (κ2) is 7.54. The molecule has 4 aliphatic carbocycles. The number of carbonyl (C=O) groups excluding carboxylic acids is 1. The summed E-state index contributed by atoms with van der Waals surface area (Å²) in [5.41, 5.74) is 9.81. The number of rotatable bonds is 6. The Morgan fingerprint density at radius 3 is 2.25 bits per heavy atom. The molecule has 1 aliphatic heterocycles. The van der Waals surface area contributed by atoms with Crippen molar-refractivity contribution in [1.29, 1.82) is 0 Å². The summed E-state index contributed by atoms with van der Waals surface area (Å²) in [7, 11) is 0. The zero-order chi connectivity index (χ0) is 22.7. The standard InChI is InChI=1S/C26H35F2N3O/c1-24(2)8-7-19(21(13-24)25-15-26(16-25,17-25)23(27)28)14-30-9-11-31(12-10-30)20-5-3-18(4-6-20)22(29)32/h3-6,23H,7-17H2,1-2H3,(H2,29,32). The summed E-state index contributed by atoms with van der Waals surface area (Å²) in [5, 5.41) is 0. The molecule has 1 amide bonds. The molecule has 1 aromatic rings. The van der Waals surface area contributed by atoms with Crippen LogP contribution in [0.15, 0.2) is 35.4 Å². The van der Waals surface area contributed by atoms with Gasteiger partial charge in [-0.25, -0.2) is 8.78 Å². The molecule has 6 rings (SSSR count). The molecule has 0 aromatic heterocycles. The van der Waals surface area contributed by atoms with Crippen LogP contribution in [0.5, 0.6) is 0 Å². The van der Waals surface area contributed by atoms with Gasteiger partial charge in [-0.3, -0.25) is 9.69 Å². The van der Waals surface area contributed by atoms with E-state index in [4.69, 9.17) is 5.73 Å². The molecular weight excluding hydrogens is 408 g/mol. The van der Waals surface area contributed by atoms with Gasteiger partial charge in [-0.05, 0) is 73.6 Å². The summed E-state index contributed by atoms with van der Waals surface area (Å²) < 4.78 is 26.9. The molecule has 0 spiro atoms. The van der Waals surface area contributed by atoms with E-state index in [1.807, 2.05) is 12.1 Å². The van der Waals surface area contributed by atoms with Crippen LogP contribution in [0.3, 0.4) is 0 Å². The molecule has 32 heavy (non-hydrogen) atoms. The van der Waals surface area contributed by atoms with E-state index >= 15 is 0 Å². The first-order valence-corrected chi connectivity index (χ1v) is 12.0. The van der Waals surface area contributed by atoms with Crippen molar-refractivity contribution in [3.8, 4) is 0 Å². The Hall–Kier alpha value is -1.95. The lowest BCUT2D eigenvalue weighted by Gasteiger charge is -2.72. The Balaban J connectivity index is 1.24. The maximum atomic E-state index is 13.4. The van der Waals surface area contributed by atoms with Gasteiger partial charge >= 0.3 is 0 Å². The number of alkyl halides is 2. The van der Waals surface area contributed by atoms with Crippen molar-refractivity contribution >= 4 is 11.6 Å². The minimum Gasteiger partial charge on any atom is -0.369 e. The summed E-state index contributed by atoms with van der Waals surface area (Å²) >= 11 is 0. The Labute approximate surface area is 189 Å². The van der Waals surface area contributed by atoms with Gasteiger partial charge in [-0.2, -0.15) is 0 Å². The third kappa shape index (κ3) is 3.64. The van der Waals surface area contributed by atoms with E-state index in [1.54, 1.807) is 23.3 Å². The second-order valence-corrected chi connectivity index (χ2v) is 11.6. The highest BCUT2D eigenvalue weighted by atomic mass is 19.3. The fraction of sp³-hybridized carbons (Fsp3) is 0.654. The SMILES string of the molecule is CC1(C)CCC(CN2CCN(c3ccc(C(N)=O)cc3)CC2)=C(C23CC(C(F)F)(C2)C3)C1. The third-order valence-corrected chi connectivity index (χ3v) is 8.66. The largest absolute Gasteiger partial charge is 0.369 e. The highest BCUT2D eigenvalue weighted by molar-refractivity contribution is 5.93. The van der Waals surface area contributed by atoms with E-state index in [-0.39, 0.29) is 10.8 Å². The van der Waals surface area contributed by atoms with Crippen molar-refractivity contribution in [2.45, 2.75) is 58.8 Å². The molecule has 3 saturated carbocycles. The average molecular weight is 444 g/mol. The lowest BCUT2D eigenvalue weighted by Crippen LogP contribution is -2.66. The van der Waals surface area contributed by atoms with Crippen LogP contribution < -0.4 is 10.6 Å². The van der Waals surface area contributed by atoms with Crippen molar-refractivity contribution in [2.24, 2.45) is 22.0 Å². The number of piperazine rings is 1. The maximum absolute atomic E-state index is 13.4. The van der Waals surface area contributed by atoms with Gasteiger partial charge in [0.1, 0.15) is 0 Å². The van der Waals surface area contributed by atoms with E-state index in [0.29, 0.717) is 24.8 Å². The normalized spacial score (nSPS) is 32.0. The van der Waals surface area contributed by atoms with Crippen LogP contribution in [0.4, 0.5) is 14.5 Å². The van der Waals surface area contributed by atoms with Crippen LogP contribution in [0.25, 0.3) is 0 Å². The molecule has 2 N–H and O–H groups in total. The van der Waals surface area contributed by atoms with Gasteiger partial charge < -0.3 is 10.6 Å². The first-order valence-electron chi connectivity index (χ1n) is 12.0. The van der Waals surface area contributed by atoms with Crippen LogP contribution in [0.1, 0.15) is 62.7 Å². The zero-order valence-electron chi connectivity index (χ0n) is 19.3. The van der Waals surface area contributed by atoms with Gasteiger partial charge in [-0.1, -0.05) is 25.0 Å². The molecule has 4 nitrogen and oxygen atoms in total. The number of nitrogens with zero attached hydrogens (tertiary/aromatic N) is 2. The number of hydrogen-bond donors (Lipinski definition) is 1. The Morgan fingerprint density at radius 1 is 1.06 bits per heavy atom. The third-order valence-electron chi connectivity index (χ3n) is 8.66. The van der Waals surface area contributed by atoms with E-state index < -0.39 is 17.7 Å². The fourth-order valence-corrected chi connectivity index (χ4v) is 6.76. The van der Waals surface area contributed by atoms with Crippen LogP contribution in [-0.4, -0.2) is 50.0 Å². The number of halogens is 2. The number of primary amides is 1. The molecule has 1 saturated heterocycles. The monoisotopic (exact) mass is 443 g/mol. The van der Waals surface area contributed by atoms with Gasteiger partial charge in [0.05, 0.1) is 0 Å². The van der Waals surface area contributed by atoms with Crippen molar-refractivity contribution in [2.75, 3.05) is 37.6 Å². The molecule has 0 radical (unpaired) electrons. The predicted octanol–water partition coefficient (Wildman–Crippen LogP) is 4.85. The summed E-state index contributed by atoms with van der Waals surface area (Å²) in [4.78, 5) is 16.2. The second-order valence-electron chi connectivity index (χ2n) is 11.6. The van der Waals surface area contributed by atoms with Crippen LogP contribution in [0, 0.1) is 16.2 Å². The lowest BCUT2D eigenvalue weighted by atomic mass is 9.32. The quantitative estimate of drug-likeness (QED) is 0.640. The molecule has 5 aliphatic rings. The molecule has 4 fully saturated rings. The minimum absolute atomic E-state index is 0.0907. The number of benzene rings is 1. The molecule has 0 unspecified atom stereocenters. The van der Waals surface area contributed by atoms with Crippen LogP contribution >= 0.6 is 0 Å². The predicted molar refractivity (Wildman–Crippen MR) is 123 cm³/mol. The van der Waals surface area contributed by atoms with Gasteiger partial charge in [-0.15, -0.1) is 0 Å². The molecule has 2 bridgehead atoms. The van der Waals surface area contributed by atoms with Gasteiger partial charge in [0, 0.05) is 49.4 Å². The van der Waals surface area contributed by atoms with E-state index in [0.717, 1.165) is 51.3 Å². The number of carbonyl (C=O) groups is 1. The van der Waals surface area contributed by atoms with Gasteiger partial charge in [0.15, 0.2) is 0 Å². The topological polar surface area (TPSA) is 49.6 Å². The number of nitrogens with two attached hydrogens (primary N) is 1. The van der Waals surface area contributed by atoms with Crippen LogP contribution in [-0.2, 0) is 0 Å². The summed E-state index contributed by atoms with van der Waals surface area (Å²) in [5.74, 6) is -0.399. The van der Waals surface area contributed by atoms with Crippen LogP contribution in [0.2, 0.25) is 0 Å². The van der Waals surface area contributed by atoms with E-state index in [9.17, 15) is 13.6 Å². The van der Waals surface area contributed by atoms with Crippen molar-refractivity contribution in [3.05, 3.63) is 41.0 Å². The summed E-state index contributed by atoms with van der Waals surface area (Å²) in [6.07, 6.45) is 3.35. The van der Waals surface area contributed by atoms with Crippen molar-refractivity contribution in [1.82, 2.24) is 4.90 Å². The number of allylic oxidation sites excluding steroid dienone is 1. The summed E-state index contributed by atoms with van der Waals surface area (Å²) in [6.45, 7) is 9.54. The molecule has 1 heterocycles. The van der Waals surface area contributed by atoms with E-state index in [1.165, 1.54) is 6.42 Å². The number of amides is 1. The number of anilines is 1. The fourth-order valence-electron chi connectivity index (χ4n) is 6.76. The lowest BCUT2D eigenvalue weighted by molar-refractivity contribution is -0.250. The smallest absolute Gasteiger partial charge is 0.248 e. The highest BCUT2D eigenvalue weighted by Crippen LogP contribution is 2.79. The Kier molecular flexibility index (Phi) is 5.16. The zero-order valence-corrected chi connectivity index (χ0v) is 19.3. The minimum atomic E-state index is -2.16. The van der Waals surface area contributed by atoms with Crippen molar-refractivity contribution in [3.63, 3.8) is 0 Å². The highest BCUT2D eigenvalue weighted by Gasteiger charge is 2.73. The van der Waals surface area contributed by atoms with E-state index in [2.05, 4.69) is 23.6 Å². The summed E-state index contributed by atoms with van der Waals surface area (Å²) in [6, 6.07) is 7.53. The number of hydrogen-bond acceptors (Lipinski definition) is 3. The Morgan fingerprint density at radius 2 is 1.69 bits per heavy atom. The molecular formula is C26H35F2N3O. The van der Waals surface area contributed by atoms with Crippen molar-refractivity contribution < 1.29 is 13.6 Å². The molecule has 0 atom stereocenters. The van der Waals surface area contributed by atoms with Gasteiger partial charge in [0.25, 0.3) is 0 Å². The first kappa shape index (κ1) is 21.9.